The second kappa shape index (κ2) is 12.6. The first-order valence-corrected chi connectivity index (χ1v) is 8.43. The molecule has 3 N–H and O–H groups in total. The zero-order valence-corrected chi connectivity index (χ0v) is 17.6. The largest absolute Gasteiger partial charge is 0.444 e. The van der Waals surface area contributed by atoms with Gasteiger partial charge in [0.1, 0.15) is 5.60 Å². The van der Waals surface area contributed by atoms with Crippen molar-refractivity contribution in [3.05, 3.63) is 0 Å². The molecule has 0 saturated carbocycles. The number of carbonyl (C=O) groups is 1. The first-order chi connectivity index (χ1) is 10.9. The smallest absolute Gasteiger partial charge is 0.407 e. The van der Waals surface area contributed by atoms with E-state index in [4.69, 9.17) is 9.47 Å². The number of hydrogen-bond acceptors (Lipinski definition) is 4. The number of ether oxygens (including phenoxy) is 2. The van der Waals surface area contributed by atoms with Gasteiger partial charge >= 0.3 is 6.09 Å². The van der Waals surface area contributed by atoms with E-state index in [1.807, 2.05) is 20.8 Å². The summed E-state index contributed by atoms with van der Waals surface area (Å²) in [5.41, 5.74) is -0.461. The second-order valence-corrected chi connectivity index (χ2v) is 6.63. The number of nitrogens with zero attached hydrogens (tertiary/aromatic N) is 1. The van der Waals surface area contributed by atoms with E-state index in [-0.39, 0.29) is 30.1 Å². The van der Waals surface area contributed by atoms with Crippen molar-refractivity contribution >= 4 is 36.0 Å². The molecule has 0 spiro atoms. The summed E-state index contributed by atoms with van der Waals surface area (Å²) in [7, 11) is 1.75. The Morgan fingerprint density at radius 2 is 1.88 bits per heavy atom. The minimum atomic E-state index is -0.461. The monoisotopic (exact) mass is 456 g/mol. The van der Waals surface area contributed by atoms with Gasteiger partial charge in [-0.3, -0.25) is 4.99 Å². The topological polar surface area (TPSA) is 84.0 Å². The minimum Gasteiger partial charge on any atom is -0.444 e. The molecule has 1 fully saturated rings. The van der Waals surface area contributed by atoms with Crippen LogP contribution in [0.15, 0.2) is 4.99 Å². The predicted molar refractivity (Wildman–Crippen MR) is 107 cm³/mol. The van der Waals surface area contributed by atoms with Crippen molar-refractivity contribution in [3.8, 4) is 0 Å². The van der Waals surface area contributed by atoms with Crippen LogP contribution in [0.5, 0.6) is 0 Å². The number of carbonyl (C=O) groups excluding carboxylic acids is 1. The molecular formula is C16H33IN4O3. The molecule has 0 bridgehead atoms. The highest BCUT2D eigenvalue weighted by Crippen LogP contribution is 2.14. The van der Waals surface area contributed by atoms with Crippen LogP contribution in [-0.4, -0.2) is 57.0 Å². The summed E-state index contributed by atoms with van der Waals surface area (Å²) in [4.78, 5) is 15.7. The quantitative estimate of drug-likeness (QED) is 0.237. The zero-order chi connectivity index (χ0) is 17.1. The highest BCUT2D eigenvalue weighted by Gasteiger charge is 2.16. The molecule has 0 aromatic heterocycles. The average molecular weight is 456 g/mol. The Morgan fingerprint density at radius 1 is 1.21 bits per heavy atom. The second-order valence-electron chi connectivity index (χ2n) is 6.63. The molecule has 142 valence electrons. The van der Waals surface area contributed by atoms with Crippen LogP contribution < -0.4 is 16.0 Å². The molecule has 8 heteroatoms. The molecule has 1 aliphatic heterocycles. The number of hydrogen-bond donors (Lipinski definition) is 3. The summed E-state index contributed by atoms with van der Waals surface area (Å²) in [5.74, 6) is 0.778. The lowest BCUT2D eigenvalue weighted by Gasteiger charge is -2.19. The summed E-state index contributed by atoms with van der Waals surface area (Å²) in [6.07, 6.45) is 4.13. The highest BCUT2D eigenvalue weighted by atomic mass is 127. The van der Waals surface area contributed by atoms with Gasteiger partial charge in [0.15, 0.2) is 5.96 Å². The van der Waals surface area contributed by atoms with Gasteiger partial charge in [-0.05, 0) is 46.5 Å². The van der Waals surface area contributed by atoms with Crippen LogP contribution in [0.3, 0.4) is 0 Å². The standard InChI is InChI=1S/C16H32N4O3.HI/c1-16(2,3)23-15(21)20-10-6-9-18-14(17-4)19-11-8-13-7-5-12-22-13;/h13H,5-12H2,1-4H3,(H,20,21)(H2,17,18,19);1H. The Bertz CT molecular complexity index is 380. The Morgan fingerprint density at radius 3 is 2.46 bits per heavy atom. The van der Waals surface area contributed by atoms with Crippen LogP contribution in [0.1, 0.15) is 46.5 Å². The molecule has 0 aromatic carbocycles. The SMILES string of the molecule is CN=C(NCCCNC(=O)OC(C)(C)C)NCCC1CCCO1.I. The molecule has 1 rings (SSSR count). The Hall–Kier alpha value is -0.770. The van der Waals surface area contributed by atoms with E-state index in [0.717, 1.165) is 44.9 Å². The maximum atomic E-state index is 11.5. The lowest BCUT2D eigenvalue weighted by Crippen LogP contribution is -2.40. The maximum absolute atomic E-state index is 11.5. The molecule has 1 amide bonds. The molecular weight excluding hydrogens is 423 g/mol. The number of halogens is 1. The third kappa shape index (κ3) is 11.7. The molecule has 1 unspecified atom stereocenters. The van der Waals surface area contributed by atoms with Crippen molar-refractivity contribution in [1.82, 2.24) is 16.0 Å². The molecule has 1 saturated heterocycles. The molecule has 1 heterocycles. The van der Waals surface area contributed by atoms with Crippen LogP contribution in [0.2, 0.25) is 0 Å². The fourth-order valence-electron chi connectivity index (χ4n) is 2.24. The molecule has 1 aliphatic rings. The van der Waals surface area contributed by atoms with Crippen molar-refractivity contribution in [2.24, 2.45) is 4.99 Å². The average Bonchev–Trinajstić information content (AvgIpc) is 2.96. The molecule has 0 radical (unpaired) electrons. The molecule has 24 heavy (non-hydrogen) atoms. The normalized spacial score (nSPS) is 17.8. The molecule has 0 aromatic rings. The van der Waals surface area contributed by atoms with Crippen molar-refractivity contribution < 1.29 is 14.3 Å². The number of amides is 1. The van der Waals surface area contributed by atoms with Gasteiger partial charge in [-0.1, -0.05) is 0 Å². The first-order valence-electron chi connectivity index (χ1n) is 8.43. The third-order valence-electron chi connectivity index (χ3n) is 3.32. The van der Waals surface area contributed by atoms with Gasteiger partial charge in [0.2, 0.25) is 0 Å². The molecule has 7 nitrogen and oxygen atoms in total. The number of alkyl carbamates (subject to hydrolysis) is 1. The Balaban J connectivity index is 0.00000529. The van der Waals surface area contributed by atoms with Gasteiger partial charge in [0.25, 0.3) is 0 Å². The summed E-state index contributed by atoms with van der Waals surface area (Å²) in [6.45, 7) is 8.58. The fourth-order valence-corrected chi connectivity index (χ4v) is 2.24. The number of rotatable bonds is 7. The lowest BCUT2D eigenvalue weighted by atomic mass is 10.2. The fraction of sp³-hybridized carbons (Fsp3) is 0.875. The van der Waals surface area contributed by atoms with E-state index < -0.39 is 5.60 Å². The third-order valence-corrected chi connectivity index (χ3v) is 3.32. The van der Waals surface area contributed by atoms with Gasteiger partial charge in [-0.2, -0.15) is 0 Å². The van der Waals surface area contributed by atoms with Crippen molar-refractivity contribution in [1.29, 1.82) is 0 Å². The number of guanidine groups is 1. The van der Waals surface area contributed by atoms with Gasteiger partial charge in [0.05, 0.1) is 6.10 Å². The van der Waals surface area contributed by atoms with Gasteiger partial charge < -0.3 is 25.4 Å². The lowest BCUT2D eigenvalue weighted by molar-refractivity contribution is 0.0527. The van der Waals surface area contributed by atoms with Gasteiger partial charge in [0, 0.05) is 33.3 Å². The summed E-state index contributed by atoms with van der Waals surface area (Å²) >= 11 is 0. The highest BCUT2D eigenvalue weighted by molar-refractivity contribution is 14.0. The van der Waals surface area contributed by atoms with Crippen molar-refractivity contribution in [2.75, 3.05) is 33.3 Å². The van der Waals surface area contributed by atoms with Crippen LogP contribution in [-0.2, 0) is 9.47 Å². The number of aliphatic imine (C=N–C) groups is 1. The van der Waals surface area contributed by atoms with E-state index in [9.17, 15) is 4.79 Å². The first kappa shape index (κ1) is 23.2. The van der Waals surface area contributed by atoms with E-state index >= 15 is 0 Å². The Labute approximate surface area is 162 Å². The molecule has 1 atom stereocenters. The molecule has 0 aliphatic carbocycles. The summed E-state index contributed by atoms with van der Waals surface area (Å²) < 4.78 is 10.8. The minimum absolute atomic E-state index is 0. The summed E-state index contributed by atoms with van der Waals surface area (Å²) in [5, 5.41) is 9.23. The Kier molecular flexibility index (Phi) is 12.2. The number of nitrogens with one attached hydrogen (secondary N) is 3. The predicted octanol–water partition coefficient (Wildman–Crippen LogP) is 2.25. The van der Waals surface area contributed by atoms with Crippen molar-refractivity contribution in [3.63, 3.8) is 0 Å². The van der Waals surface area contributed by atoms with Crippen LogP contribution in [0.25, 0.3) is 0 Å². The summed E-state index contributed by atoms with van der Waals surface area (Å²) in [6, 6.07) is 0. The van der Waals surface area contributed by atoms with Crippen molar-refractivity contribution in [2.45, 2.75) is 58.2 Å². The van der Waals surface area contributed by atoms with Gasteiger partial charge in [-0.15, -0.1) is 24.0 Å². The zero-order valence-electron chi connectivity index (χ0n) is 15.3. The maximum Gasteiger partial charge on any atom is 0.407 e. The van der Waals surface area contributed by atoms with Crippen LogP contribution in [0, 0.1) is 0 Å². The van der Waals surface area contributed by atoms with Crippen LogP contribution >= 0.6 is 24.0 Å². The van der Waals surface area contributed by atoms with E-state index in [1.165, 1.54) is 6.42 Å². The van der Waals surface area contributed by atoms with E-state index in [0.29, 0.717) is 12.6 Å². The van der Waals surface area contributed by atoms with E-state index in [2.05, 4.69) is 20.9 Å². The van der Waals surface area contributed by atoms with Crippen LogP contribution in [0.4, 0.5) is 4.79 Å². The van der Waals surface area contributed by atoms with Gasteiger partial charge in [-0.25, -0.2) is 4.79 Å². The van der Waals surface area contributed by atoms with E-state index in [1.54, 1.807) is 7.05 Å².